The fourth-order valence-corrected chi connectivity index (χ4v) is 9.31. The standard InChI is InChI=1S/C53H32N4O/c1-3-14-35(15-4-1)51-54-31-38(32-55-51)46-30-45(56-52(57-46)36-16-5-2-6-17-36)37-26-25-34-24-23-33-13-7-10-20-41(33)53(44(34)29-37)42-21-11-8-18-39(42)49-43(53)27-28-48-50(49)40-19-9-12-22-47(40)58-48/h1-32H. The van der Waals surface area contributed by atoms with E-state index in [4.69, 9.17) is 24.4 Å². The van der Waals surface area contributed by atoms with Crippen LogP contribution >= 0.6 is 0 Å². The minimum atomic E-state index is -0.636. The molecule has 5 nitrogen and oxygen atoms in total. The lowest BCUT2D eigenvalue weighted by molar-refractivity contribution is 0.668. The van der Waals surface area contributed by atoms with Crippen molar-refractivity contribution in [1.82, 2.24) is 19.9 Å². The number of furan rings is 1. The number of hydrogen-bond acceptors (Lipinski definition) is 5. The second-order valence-corrected chi connectivity index (χ2v) is 15.0. The van der Waals surface area contributed by atoms with Crippen molar-refractivity contribution in [3.05, 3.63) is 216 Å². The van der Waals surface area contributed by atoms with E-state index in [1.165, 1.54) is 38.9 Å². The van der Waals surface area contributed by atoms with E-state index in [1.807, 2.05) is 67.0 Å². The Morgan fingerprint density at radius 3 is 1.84 bits per heavy atom. The normalized spacial score (nSPS) is 14.9. The molecule has 3 heterocycles. The monoisotopic (exact) mass is 740 g/mol. The van der Waals surface area contributed by atoms with Gasteiger partial charge in [-0.2, -0.15) is 0 Å². The fraction of sp³-hybridized carbons (Fsp3) is 0.0189. The van der Waals surface area contributed by atoms with Crippen LogP contribution < -0.4 is 0 Å². The molecule has 1 atom stereocenters. The lowest BCUT2D eigenvalue weighted by atomic mass is 9.65. The summed E-state index contributed by atoms with van der Waals surface area (Å²) in [5.74, 6) is 1.31. The summed E-state index contributed by atoms with van der Waals surface area (Å²) in [4.78, 5) is 19.9. The Hall–Kier alpha value is -7.76. The van der Waals surface area contributed by atoms with E-state index in [9.17, 15) is 0 Å². The van der Waals surface area contributed by atoms with E-state index in [-0.39, 0.29) is 0 Å². The van der Waals surface area contributed by atoms with Gasteiger partial charge in [0, 0.05) is 45.4 Å². The number of nitrogens with zero attached hydrogens (tertiary/aromatic N) is 4. The third-order valence-electron chi connectivity index (χ3n) is 11.8. The van der Waals surface area contributed by atoms with E-state index < -0.39 is 5.41 Å². The van der Waals surface area contributed by atoms with Gasteiger partial charge in [0.25, 0.3) is 0 Å². The van der Waals surface area contributed by atoms with Gasteiger partial charge in [-0.25, -0.2) is 19.9 Å². The van der Waals surface area contributed by atoms with Gasteiger partial charge in [0.15, 0.2) is 11.6 Å². The molecule has 3 aromatic heterocycles. The fourth-order valence-electron chi connectivity index (χ4n) is 9.31. The highest BCUT2D eigenvalue weighted by Gasteiger charge is 2.49. The predicted octanol–water partition coefficient (Wildman–Crippen LogP) is 12.7. The van der Waals surface area contributed by atoms with Crippen LogP contribution in [0.3, 0.4) is 0 Å². The van der Waals surface area contributed by atoms with Crippen molar-refractivity contribution in [3.8, 4) is 56.4 Å². The summed E-state index contributed by atoms with van der Waals surface area (Å²) in [7, 11) is 0. The van der Waals surface area contributed by atoms with E-state index in [2.05, 4.69) is 127 Å². The van der Waals surface area contributed by atoms with Crippen molar-refractivity contribution in [2.24, 2.45) is 0 Å². The summed E-state index contributed by atoms with van der Waals surface area (Å²) in [6, 6.07) is 59.7. The summed E-state index contributed by atoms with van der Waals surface area (Å²) in [6.45, 7) is 0. The highest BCUT2D eigenvalue weighted by Crippen LogP contribution is 2.61. The lowest BCUT2D eigenvalue weighted by Crippen LogP contribution is -2.30. The smallest absolute Gasteiger partial charge is 0.160 e. The van der Waals surface area contributed by atoms with Crippen LogP contribution in [0.15, 0.2) is 187 Å². The van der Waals surface area contributed by atoms with Gasteiger partial charge in [-0.05, 0) is 68.8 Å². The van der Waals surface area contributed by atoms with Gasteiger partial charge in [-0.3, -0.25) is 0 Å². The first-order valence-corrected chi connectivity index (χ1v) is 19.5. The largest absolute Gasteiger partial charge is 0.456 e. The summed E-state index contributed by atoms with van der Waals surface area (Å²) < 4.78 is 6.50. The maximum atomic E-state index is 6.50. The molecule has 0 fully saturated rings. The predicted molar refractivity (Wildman–Crippen MR) is 233 cm³/mol. The Morgan fingerprint density at radius 1 is 0.414 bits per heavy atom. The molecule has 10 aromatic rings. The highest BCUT2D eigenvalue weighted by atomic mass is 16.3. The van der Waals surface area contributed by atoms with Gasteiger partial charge < -0.3 is 4.42 Å². The molecule has 0 radical (unpaired) electrons. The number of fused-ring (bicyclic) bond motifs is 13. The first kappa shape index (κ1) is 32.5. The van der Waals surface area contributed by atoms with Crippen LogP contribution in [-0.2, 0) is 5.41 Å². The number of hydrogen-bond donors (Lipinski definition) is 0. The molecular formula is C53H32N4O. The first-order chi connectivity index (χ1) is 28.7. The molecule has 7 aromatic carbocycles. The number of aromatic nitrogens is 4. The topological polar surface area (TPSA) is 64.7 Å². The molecule has 0 saturated carbocycles. The molecule has 2 aliphatic carbocycles. The van der Waals surface area contributed by atoms with E-state index >= 15 is 0 Å². The second kappa shape index (κ2) is 12.6. The summed E-state index contributed by atoms with van der Waals surface area (Å²) in [5.41, 5.74) is 16.2. The van der Waals surface area contributed by atoms with Gasteiger partial charge in [0.2, 0.25) is 0 Å². The van der Waals surface area contributed by atoms with Crippen LogP contribution in [0.2, 0.25) is 0 Å². The van der Waals surface area contributed by atoms with Gasteiger partial charge in [0.05, 0.1) is 16.8 Å². The van der Waals surface area contributed by atoms with Crippen molar-refractivity contribution in [1.29, 1.82) is 0 Å². The Balaban J connectivity index is 1.12. The van der Waals surface area contributed by atoms with E-state index in [0.717, 1.165) is 61.1 Å². The highest BCUT2D eigenvalue weighted by molar-refractivity contribution is 6.15. The minimum Gasteiger partial charge on any atom is -0.456 e. The molecule has 58 heavy (non-hydrogen) atoms. The Morgan fingerprint density at radius 2 is 1.05 bits per heavy atom. The number of para-hydroxylation sites is 1. The zero-order valence-electron chi connectivity index (χ0n) is 31.2. The molecule has 0 aliphatic heterocycles. The van der Waals surface area contributed by atoms with Crippen molar-refractivity contribution < 1.29 is 4.42 Å². The molecule has 270 valence electrons. The third-order valence-corrected chi connectivity index (χ3v) is 11.8. The van der Waals surface area contributed by atoms with Crippen LogP contribution in [-0.4, -0.2) is 19.9 Å². The van der Waals surface area contributed by atoms with Gasteiger partial charge in [-0.1, -0.05) is 158 Å². The van der Waals surface area contributed by atoms with Crippen molar-refractivity contribution >= 4 is 34.1 Å². The maximum absolute atomic E-state index is 6.50. The van der Waals surface area contributed by atoms with Gasteiger partial charge in [-0.15, -0.1) is 0 Å². The molecule has 1 unspecified atom stereocenters. The Kier molecular flexibility index (Phi) is 7.07. The molecular weight excluding hydrogens is 709 g/mol. The molecule has 0 bridgehead atoms. The number of rotatable bonds is 4. The van der Waals surface area contributed by atoms with Crippen LogP contribution in [0.4, 0.5) is 0 Å². The third kappa shape index (κ3) is 4.77. The van der Waals surface area contributed by atoms with Crippen LogP contribution in [0.5, 0.6) is 0 Å². The summed E-state index contributed by atoms with van der Waals surface area (Å²) >= 11 is 0. The van der Waals surface area contributed by atoms with Crippen molar-refractivity contribution in [2.75, 3.05) is 0 Å². The maximum Gasteiger partial charge on any atom is 0.160 e. The van der Waals surface area contributed by atoms with Crippen LogP contribution in [0, 0.1) is 0 Å². The average molecular weight is 741 g/mol. The lowest BCUT2D eigenvalue weighted by Gasteiger charge is -2.35. The molecule has 0 N–H and O–H groups in total. The summed E-state index contributed by atoms with van der Waals surface area (Å²) in [5, 5.41) is 2.27. The minimum absolute atomic E-state index is 0.636. The van der Waals surface area contributed by atoms with E-state index in [0.29, 0.717) is 11.6 Å². The SMILES string of the molecule is C1=Cc2ccc(-c3cc(-c4cnc(-c5ccccc5)nc4)nc(-c4ccccc4)n3)cc2C2(c3ccccc31)c1ccccc1-c1c2ccc2oc3ccccc3c12. The first-order valence-electron chi connectivity index (χ1n) is 19.5. The molecule has 5 heteroatoms. The van der Waals surface area contributed by atoms with Crippen molar-refractivity contribution in [3.63, 3.8) is 0 Å². The second-order valence-electron chi connectivity index (χ2n) is 15.0. The van der Waals surface area contributed by atoms with E-state index in [1.54, 1.807) is 0 Å². The van der Waals surface area contributed by atoms with Gasteiger partial charge >= 0.3 is 0 Å². The Labute approximate surface area is 334 Å². The zero-order chi connectivity index (χ0) is 38.2. The zero-order valence-corrected chi connectivity index (χ0v) is 31.2. The molecule has 12 rings (SSSR count). The van der Waals surface area contributed by atoms with Crippen molar-refractivity contribution in [2.45, 2.75) is 5.41 Å². The quantitative estimate of drug-likeness (QED) is 0.180. The molecule has 1 spiro atoms. The number of benzene rings is 7. The van der Waals surface area contributed by atoms with Crippen LogP contribution in [0.25, 0.3) is 90.5 Å². The van der Waals surface area contributed by atoms with Gasteiger partial charge in [0.1, 0.15) is 11.2 Å². The average Bonchev–Trinajstić information content (AvgIpc) is 3.77. The molecule has 0 saturated heterocycles. The summed E-state index contributed by atoms with van der Waals surface area (Å²) in [6.07, 6.45) is 8.25. The molecule has 2 aliphatic rings. The molecule has 0 amide bonds. The Bertz CT molecular complexity index is 3280. The van der Waals surface area contributed by atoms with Crippen LogP contribution in [0.1, 0.15) is 33.4 Å².